The van der Waals surface area contributed by atoms with E-state index in [0.29, 0.717) is 5.02 Å². The Bertz CT molecular complexity index is 723. The summed E-state index contributed by atoms with van der Waals surface area (Å²) in [6.45, 7) is 2.14. The molecule has 94 valence electrons. The monoisotopic (exact) mass is 268 g/mol. The van der Waals surface area contributed by atoms with Crippen molar-refractivity contribution in [2.75, 3.05) is 0 Å². The van der Waals surface area contributed by atoms with Crippen LogP contribution in [0.4, 0.5) is 0 Å². The molecule has 0 radical (unpaired) electrons. The van der Waals surface area contributed by atoms with Gasteiger partial charge in [-0.1, -0.05) is 48.9 Å². The Morgan fingerprint density at radius 3 is 2.63 bits per heavy atom. The maximum absolute atomic E-state index is 6.21. The molecule has 2 nitrogen and oxygen atoms in total. The molecular weight excluding hydrogens is 256 g/mol. The largest absolute Gasteiger partial charge is 0.157 e. The van der Waals surface area contributed by atoms with Crippen LogP contribution in [0.15, 0.2) is 48.7 Å². The second-order valence-electron chi connectivity index (χ2n) is 4.44. The van der Waals surface area contributed by atoms with Crippen LogP contribution in [0.5, 0.6) is 0 Å². The highest BCUT2D eigenvalue weighted by atomic mass is 35.5. The standard InChI is InChI=1S/C16H13ClN2/c1-2-11-8-16-14(15(17)10-18-19-16)9-13(11)12-6-4-3-5-7-12/h3-10H,2H2,1H3. The number of fused-ring (bicyclic) bond motifs is 1. The fourth-order valence-corrected chi connectivity index (χ4v) is 2.49. The van der Waals surface area contributed by atoms with E-state index < -0.39 is 0 Å². The van der Waals surface area contributed by atoms with E-state index in [4.69, 9.17) is 11.6 Å². The Hall–Kier alpha value is -1.93. The lowest BCUT2D eigenvalue weighted by molar-refractivity contribution is 1.07. The van der Waals surface area contributed by atoms with Gasteiger partial charge < -0.3 is 0 Å². The van der Waals surface area contributed by atoms with Crippen molar-refractivity contribution in [1.82, 2.24) is 10.2 Å². The van der Waals surface area contributed by atoms with Gasteiger partial charge in [0.25, 0.3) is 0 Å². The highest BCUT2D eigenvalue weighted by molar-refractivity contribution is 6.35. The smallest absolute Gasteiger partial charge is 0.0947 e. The SMILES string of the molecule is CCc1cc2nncc(Cl)c2cc1-c1ccccc1. The molecular formula is C16H13ClN2. The van der Waals surface area contributed by atoms with Gasteiger partial charge in [-0.3, -0.25) is 0 Å². The summed E-state index contributed by atoms with van der Waals surface area (Å²) in [5, 5.41) is 9.65. The van der Waals surface area contributed by atoms with Crippen LogP contribution >= 0.6 is 11.6 Å². The first-order valence-corrected chi connectivity index (χ1v) is 6.66. The fraction of sp³-hybridized carbons (Fsp3) is 0.125. The number of halogens is 1. The Morgan fingerprint density at radius 2 is 1.89 bits per heavy atom. The molecule has 0 aliphatic heterocycles. The number of aromatic nitrogens is 2. The predicted octanol–water partition coefficient (Wildman–Crippen LogP) is 4.51. The van der Waals surface area contributed by atoms with E-state index in [1.165, 1.54) is 16.7 Å². The summed E-state index contributed by atoms with van der Waals surface area (Å²) in [4.78, 5) is 0. The zero-order valence-electron chi connectivity index (χ0n) is 10.6. The van der Waals surface area contributed by atoms with E-state index in [1.54, 1.807) is 6.20 Å². The molecule has 19 heavy (non-hydrogen) atoms. The number of benzene rings is 2. The van der Waals surface area contributed by atoms with Gasteiger partial charge in [0.15, 0.2) is 0 Å². The van der Waals surface area contributed by atoms with Gasteiger partial charge in [-0.25, -0.2) is 0 Å². The van der Waals surface area contributed by atoms with Crippen molar-refractivity contribution in [3.05, 3.63) is 59.2 Å². The Balaban J connectivity index is 2.32. The first kappa shape index (κ1) is 12.1. The van der Waals surface area contributed by atoms with Crippen LogP contribution in [0.3, 0.4) is 0 Å². The third-order valence-electron chi connectivity index (χ3n) is 3.28. The molecule has 0 unspecified atom stereocenters. The average Bonchev–Trinajstić information content (AvgIpc) is 2.47. The predicted molar refractivity (Wildman–Crippen MR) is 79.4 cm³/mol. The Labute approximate surface area is 117 Å². The van der Waals surface area contributed by atoms with Crippen LogP contribution in [0.2, 0.25) is 5.02 Å². The molecule has 0 amide bonds. The van der Waals surface area contributed by atoms with Gasteiger partial charge in [0.05, 0.1) is 16.7 Å². The third-order valence-corrected chi connectivity index (χ3v) is 3.58. The van der Waals surface area contributed by atoms with Gasteiger partial charge in [-0.2, -0.15) is 10.2 Å². The van der Waals surface area contributed by atoms with Crippen molar-refractivity contribution in [3.8, 4) is 11.1 Å². The van der Waals surface area contributed by atoms with E-state index in [1.807, 2.05) is 18.2 Å². The molecule has 0 atom stereocenters. The van der Waals surface area contributed by atoms with Gasteiger partial charge >= 0.3 is 0 Å². The number of hydrogen-bond donors (Lipinski definition) is 0. The van der Waals surface area contributed by atoms with Crippen molar-refractivity contribution in [2.24, 2.45) is 0 Å². The molecule has 3 rings (SSSR count). The molecule has 0 aliphatic carbocycles. The van der Waals surface area contributed by atoms with Crippen molar-refractivity contribution in [2.45, 2.75) is 13.3 Å². The van der Waals surface area contributed by atoms with Gasteiger partial charge in [0, 0.05) is 5.39 Å². The van der Waals surface area contributed by atoms with E-state index in [9.17, 15) is 0 Å². The van der Waals surface area contributed by atoms with Crippen LogP contribution in [0.25, 0.3) is 22.0 Å². The lowest BCUT2D eigenvalue weighted by atomic mass is 9.96. The van der Waals surface area contributed by atoms with Gasteiger partial charge in [-0.05, 0) is 35.2 Å². The van der Waals surface area contributed by atoms with Crippen molar-refractivity contribution in [3.63, 3.8) is 0 Å². The maximum atomic E-state index is 6.21. The van der Waals surface area contributed by atoms with Crippen LogP contribution < -0.4 is 0 Å². The molecule has 0 saturated carbocycles. The van der Waals surface area contributed by atoms with Gasteiger partial charge in [-0.15, -0.1) is 0 Å². The third kappa shape index (κ3) is 2.20. The second-order valence-corrected chi connectivity index (χ2v) is 4.85. The van der Waals surface area contributed by atoms with Crippen LogP contribution in [-0.4, -0.2) is 10.2 Å². The molecule has 1 aromatic heterocycles. The molecule has 0 bridgehead atoms. The lowest BCUT2D eigenvalue weighted by Gasteiger charge is -2.10. The first-order valence-electron chi connectivity index (χ1n) is 6.29. The molecule has 0 saturated heterocycles. The van der Waals surface area contributed by atoms with Crippen molar-refractivity contribution >= 4 is 22.5 Å². The first-order chi connectivity index (χ1) is 9.29. The summed E-state index contributed by atoms with van der Waals surface area (Å²) < 4.78 is 0. The molecule has 3 heteroatoms. The van der Waals surface area contributed by atoms with Crippen LogP contribution in [-0.2, 0) is 6.42 Å². The fourth-order valence-electron chi connectivity index (χ4n) is 2.30. The molecule has 0 spiro atoms. The maximum Gasteiger partial charge on any atom is 0.0947 e. The van der Waals surface area contributed by atoms with E-state index in [0.717, 1.165) is 17.3 Å². The quantitative estimate of drug-likeness (QED) is 0.683. The number of rotatable bonds is 2. The number of hydrogen-bond acceptors (Lipinski definition) is 2. The molecule has 0 aliphatic rings. The topological polar surface area (TPSA) is 25.8 Å². The summed E-state index contributed by atoms with van der Waals surface area (Å²) in [5.41, 5.74) is 4.53. The summed E-state index contributed by atoms with van der Waals surface area (Å²) in [6.07, 6.45) is 2.54. The Morgan fingerprint density at radius 1 is 1.11 bits per heavy atom. The summed E-state index contributed by atoms with van der Waals surface area (Å²) in [6, 6.07) is 14.5. The van der Waals surface area contributed by atoms with Gasteiger partial charge in [0.1, 0.15) is 0 Å². The number of aryl methyl sites for hydroxylation is 1. The van der Waals surface area contributed by atoms with Crippen LogP contribution in [0.1, 0.15) is 12.5 Å². The number of nitrogens with zero attached hydrogens (tertiary/aromatic N) is 2. The zero-order valence-corrected chi connectivity index (χ0v) is 11.4. The average molecular weight is 269 g/mol. The van der Waals surface area contributed by atoms with Crippen molar-refractivity contribution in [1.29, 1.82) is 0 Å². The second kappa shape index (κ2) is 4.98. The van der Waals surface area contributed by atoms with Crippen LogP contribution in [0, 0.1) is 0 Å². The Kier molecular flexibility index (Phi) is 3.18. The molecule has 3 aromatic rings. The summed E-state index contributed by atoms with van der Waals surface area (Å²) >= 11 is 6.21. The highest BCUT2D eigenvalue weighted by Gasteiger charge is 2.09. The minimum Gasteiger partial charge on any atom is -0.157 e. The molecule has 0 fully saturated rings. The highest BCUT2D eigenvalue weighted by Crippen LogP contribution is 2.31. The summed E-state index contributed by atoms with van der Waals surface area (Å²) in [7, 11) is 0. The lowest BCUT2D eigenvalue weighted by Crippen LogP contribution is -1.92. The minimum atomic E-state index is 0.643. The molecule has 1 heterocycles. The zero-order chi connectivity index (χ0) is 13.2. The molecule has 0 N–H and O–H groups in total. The van der Waals surface area contributed by atoms with Crippen molar-refractivity contribution < 1.29 is 0 Å². The minimum absolute atomic E-state index is 0.643. The van der Waals surface area contributed by atoms with E-state index in [2.05, 4.69) is 41.4 Å². The normalized spacial score (nSPS) is 10.8. The van der Waals surface area contributed by atoms with Gasteiger partial charge in [0.2, 0.25) is 0 Å². The molecule has 2 aromatic carbocycles. The van der Waals surface area contributed by atoms with E-state index >= 15 is 0 Å². The summed E-state index contributed by atoms with van der Waals surface area (Å²) in [5.74, 6) is 0. The van der Waals surface area contributed by atoms with E-state index in [-0.39, 0.29) is 0 Å².